The Morgan fingerprint density at radius 1 is 1.20 bits per heavy atom. The van der Waals surface area contributed by atoms with E-state index in [2.05, 4.69) is 5.32 Å². The van der Waals surface area contributed by atoms with E-state index in [0.717, 1.165) is 31.2 Å². The van der Waals surface area contributed by atoms with E-state index in [1.165, 1.54) is 0 Å². The Morgan fingerprint density at radius 2 is 1.90 bits per heavy atom. The van der Waals surface area contributed by atoms with Crippen LogP contribution in [0.4, 0.5) is 0 Å². The zero-order chi connectivity index (χ0) is 14.3. The van der Waals surface area contributed by atoms with Gasteiger partial charge in [0, 0.05) is 17.9 Å². The molecule has 0 bridgehead atoms. The Labute approximate surface area is 128 Å². The van der Waals surface area contributed by atoms with Gasteiger partial charge in [0.1, 0.15) is 6.10 Å². The largest absolute Gasteiger partial charge is 0.383 e. The maximum Gasteiger partial charge on any atom is 0.249 e. The van der Waals surface area contributed by atoms with Gasteiger partial charge in [-0.2, -0.15) is 0 Å². The summed E-state index contributed by atoms with van der Waals surface area (Å²) in [4.78, 5) is 11.6. The normalized spacial score (nSPS) is 28.6. The van der Waals surface area contributed by atoms with E-state index >= 15 is 0 Å². The predicted octanol–water partition coefficient (Wildman–Crippen LogP) is 2.91. The Hall–Kier alpha value is -0.770. The molecule has 2 unspecified atom stereocenters. The van der Waals surface area contributed by atoms with Crippen LogP contribution < -0.4 is 5.32 Å². The van der Waals surface area contributed by atoms with Gasteiger partial charge in [0.05, 0.1) is 10.0 Å². The first kappa shape index (κ1) is 14.2. The fourth-order valence-corrected chi connectivity index (χ4v) is 4.09. The van der Waals surface area contributed by atoms with E-state index in [0.29, 0.717) is 16.6 Å². The van der Waals surface area contributed by atoms with Crippen molar-refractivity contribution in [2.24, 2.45) is 5.92 Å². The molecular formula is C15H17Cl2NO2. The Bertz CT molecular complexity index is 541. The molecule has 0 aromatic heterocycles. The third-order valence-electron chi connectivity index (χ3n) is 4.85. The highest BCUT2D eigenvalue weighted by Gasteiger charge is 2.50. The molecule has 2 atom stereocenters. The van der Waals surface area contributed by atoms with Gasteiger partial charge >= 0.3 is 0 Å². The quantitative estimate of drug-likeness (QED) is 0.882. The van der Waals surface area contributed by atoms with Gasteiger partial charge < -0.3 is 10.4 Å². The van der Waals surface area contributed by atoms with Crippen molar-refractivity contribution in [1.29, 1.82) is 0 Å². The number of carbonyl (C=O) groups is 1. The lowest BCUT2D eigenvalue weighted by molar-refractivity contribution is -0.127. The second kappa shape index (κ2) is 5.21. The van der Waals surface area contributed by atoms with Crippen LogP contribution in [0.3, 0.4) is 0 Å². The monoisotopic (exact) mass is 313 g/mol. The topological polar surface area (TPSA) is 49.3 Å². The number of hydrogen-bond acceptors (Lipinski definition) is 2. The number of carbonyl (C=O) groups excluding carboxylic acids is 1. The summed E-state index contributed by atoms with van der Waals surface area (Å²) in [5, 5.41) is 14.0. The standard InChI is InChI=1S/C15H17Cl2NO2/c16-11-4-3-9(7-12(11)17)15(5-1-2-6-15)10-8-18-14(20)13(10)19/h3-4,7,10,13,19H,1-2,5-6,8H2,(H,18,20). The highest BCUT2D eigenvalue weighted by Crippen LogP contribution is 2.49. The van der Waals surface area contributed by atoms with Crippen LogP contribution in [0.2, 0.25) is 10.0 Å². The summed E-state index contributed by atoms with van der Waals surface area (Å²) in [5.41, 5.74) is 0.914. The molecule has 0 spiro atoms. The average molecular weight is 314 g/mol. The van der Waals surface area contributed by atoms with Gasteiger partial charge in [-0.3, -0.25) is 4.79 Å². The highest BCUT2D eigenvalue weighted by atomic mass is 35.5. The maximum atomic E-state index is 11.6. The third kappa shape index (κ3) is 2.12. The van der Waals surface area contributed by atoms with Gasteiger partial charge in [0.25, 0.3) is 0 Å². The number of benzene rings is 1. The van der Waals surface area contributed by atoms with Crippen LogP contribution in [0, 0.1) is 5.92 Å². The van der Waals surface area contributed by atoms with Crippen molar-refractivity contribution in [2.45, 2.75) is 37.2 Å². The van der Waals surface area contributed by atoms with E-state index in [4.69, 9.17) is 23.2 Å². The van der Waals surface area contributed by atoms with Crippen molar-refractivity contribution in [3.8, 4) is 0 Å². The van der Waals surface area contributed by atoms with Crippen LogP contribution in [-0.4, -0.2) is 23.7 Å². The number of hydrogen-bond donors (Lipinski definition) is 2. The SMILES string of the molecule is O=C1NCC(C2(c3ccc(Cl)c(Cl)c3)CCCC2)C1O. The molecule has 3 nitrogen and oxygen atoms in total. The molecule has 1 heterocycles. The van der Waals surface area contributed by atoms with Crippen LogP contribution >= 0.6 is 23.2 Å². The number of amides is 1. The minimum atomic E-state index is -0.928. The molecule has 0 radical (unpaired) electrons. The van der Waals surface area contributed by atoms with Crippen LogP contribution in [0.1, 0.15) is 31.2 Å². The zero-order valence-electron chi connectivity index (χ0n) is 11.0. The van der Waals surface area contributed by atoms with Gasteiger partial charge in [-0.15, -0.1) is 0 Å². The Balaban J connectivity index is 2.03. The molecule has 5 heteroatoms. The Morgan fingerprint density at radius 3 is 2.45 bits per heavy atom. The molecule has 1 aromatic rings. The second-order valence-corrected chi connectivity index (χ2v) is 6.60. The maximum absolute atomic E-state index is 11.6. The van der Waals surface area contributed by atoms with Crippen molar-refractivity contribution in [2.75, 3.05) is 6.54 Å². The molecule has 20 heavy (non-hydrogen) atoms. The van der Waals surface area contributed by atoms with E-state index in [1.54, 1.807) is 6.07 Å². The minimum absolute atomic E-state index is 0.0882. The van der Waals surface area contributed by atoms with E-state index < -0.39 is 6.10 Å². The number of aliphatic hydroxyl groups excluding tert-OH is 1. The fourth-order valence-electron chi connectivity index (χ4n) is 3.79. The van der Waals surface area contributed by atoms with E-state index in [9.17, 15) is 9.90 Å². The molecule has 1 saturated heterocycles. The number of aliphatic hydroxyl groups is 1. The third-order valence-corrected chi connectivity index (χ3v) is 5.59. The van der Waals surface area contributed by atoms with Crippen LogP contribution in [0.5, 0.6) is 0 Å². The lowest BCUT2D eigenvalue weighted by Gasteiger charge is -2.37. The molecule has 3 rings (SSSR count). The first-order chi connectivity index (χ1) is 9.54. The Kier molecular flexibility index (Phi) is 3.69. The fraction of sp³-hybridized carbons (Fsp3) is 0.533. The number of rotatable bonds is 2. The molecule has 108 valence electrons. The van der Waals surface area contributed by atoms with Crippen molar-refractivity contribution < 1.29 is 9.90 Å². The van der Waals surface area contributed by atoms with Crippen LogP contribution in [-0.2, 0) is 10.2 Å². The predicted molar refractivity (Wildman–Crippen MR) is 79.1 cm³/mol. The summed E-state index contributed by atoms with van der Waals surface area (Å²) >= 11 is 12.1. The van der Waals surface area contributed by atoms with Gasteiger partial charge in [-0.1, -0.05) is 42.1 Å². The van der Waals surface area contributed by atoms with Crippen molar-refractivity contribution in [3.63, 3.8) is 0 Å². The molecular weight excluding hydrogens is 297 g/mol. The first-order valence-electron chi connectivity index (χ1n) is 6.96. The lowest BCUT2D eigenvalue weighted by atomic mass is 9.67. The summed E-state index contributed by atoms with van der Waals surface area (Å²) in [6.45, 7) is 0.528. The highest BCUT2D eigenvalue weighted by molar-refractivity contribution is 6.42. The molecule has 2 N–H and O–H groups in total. The van der Waals surface area contributed by atoms with E-state index in [-0.39, 0.29) is 17.2 Å². The number of nitrogens with one attached hydrogen (secondary N) is 1. The van der Waals surface area contributed by atoms with Gasteiger partial charge in [-0.05, 0) is 30.5 Å². The molecule has 2 fully saturated rings. The molecule has 1 aromatic carbocycles. The minimum Gasteiger partial charge on any atom is -0.383 e. The molecule has 1 aliphatic heterocycles. The zero-order valence-corrected chi connectivity index (χ0v) is 12.5. The molecule has 1 amide bonds. The summed E-state index contributed by atoms with van der Waals surface area (Å²) in [6.07, 6.45) is 3.24. The average Bonchev–Trinajstić information content (AvgIpc) is 3.03. The summed E-state index contributed by atoms with van der Waals surface area (Å²) in [5.74, 6) is -0.351. The van der Waals surface area contributed by atoms with Crippen LogP contribution in [0.25, 0.3) is 0 Å². The number of halogens is 2. The molecule has 2 aliphatic rings. The van der Waals surface area contributed by atoms with Gasteiger partial charge in [0.2, 0.25) is 5.91 Å². The van der Waals surface area contributed by atoms with Gasteiger partial charge in [-0.25, -0.2) is 0 Å². The van der Waals surface area contributed by atoms with Gasteiger partial charge in [0.15, 0.2) is 0 Å². The summed E-state index contributed by atoms with van der Waals surface area (Å²) in [7, 11) is 0. The first-order valence-corrected chi connectivity index (χ1v) is 7.71. The van der Waals surface area contributed by atoms with Crippen molar-refractivity contribution >= 4 is 29.1 Å². The lowest BCUT2D eigenvalue weighted by Crippen LogP contribution is -2.40. The smallest absolute Gasteiger partial charge is 0.249 e. The van der Waals surface area contributed by atoms with Crippen molar-refractivity contribution in [1.82, 2.24) is 5.32 Å². The van der Waals surface area contributed by atoms with Crippen LogP contribution in [0.15, 0.2) is 18.2 Å². The summed E-state index contributed by atoms with van der Waals surface area (Å²) in [6, 6.07) is 5.68. The summed E-state index contributed by atoms with van der Waals surface area (Å²) < 4.78 is 0. The molecule has 1 saturated carbocycles. The van der Waals surface area contributed by atoms with Crippen molar-refractivity contribution in [3.05, 3.63) is 33.8 Å². The van der Waals surface area contributed by atoms with E-state index in [1.807, 2.05) is 12.1 Å². The second-order valence-electron chi connectivity index (χ2n) is 5.79. The molecule has 1 aliphatic carbocycles.